The molecule has 1 fully saturated rings. The Morgan fingerprint density at radius 3 is 2.45 bits per heavy atom. The molecule has 2 N–H and O–H groups in total. The van der Waals surface area contributed by atoms with E-state index < -0.39 is 6.03 Å². The molecule has 1 aromatic rings. The Labute approximate surface area is 131 Å². The summed E-state index contributed by atoms with van der Waals surface area (Å²) >= 11 is 0. The second kappa shape index (κ2) is 7.79. The van der Waals surface area contributed by atoms with Crippen molar-refractivity contribution in [2.45, 2.75) is 13.8 Å². The van der Waals surface area contributed by atoms with Crippen LogP contribution in [-0.4, -0.2) is 56.1 Å². The van der Waals surface area contributed by atoms with Gasteiger partial charge >= 0.3 is 6.03 Å². The molecule has 0 aliphatic carbocycles. The molecule has 0 unspecified atom stereocenters. The van der Waals surface area contributed by atoms with Gasteiger partial charge in [-0.05, 0) is 25.5 Å². The Morgan fingerprint density at radius 2 is 1.82 bits per heavy atom. The third kappa shape index (κ3) is 4.46. The Kier molecular flexibility index (Phi) is 5.77. The normalized spacial score (nSPS) is 15.5. The lowest BCUT2D eigenvalue weighted by atomic mass is 10.1. The highest BCUT2D eigenvalue weighted by molar-refractivity contribution is 5.95. The quantitative estimate of drug-likeness (QED) is 0.870. The van der Waals surface area contributed by atoms with E-state index in [0.717, 1.165) is 26.2 Å². The average molecular weight is 304 g/mol. The first kappa shape index (κ1) is 16.3. The number of nitrogens with zero attached hydrogens (tertiary/aromatic N) is 2. The molecule has 0 spiro atoms. The summed E-state index contributed by atoms with van der Waals surface area (Å²) < 4.78 is 0. The molecule has 3 amide bonds. The number of nitrogens with one attached hydrogen (secondary N) is 2. The van der Waals surface area contributed by atoms with Crippen LogP contribution >= 0.6 is 0 Å². The van der Waals surface area contributed by atoms with E-state index in [4.69, 9.17) is 0 Å². The maximum atomic E-state index is 11.8. The lowest BCUT2D eigenvalue weighted by Gasteiger charge is -2.36. The maximum Gasteiger partial charge on any atom is 0.321 e. The summed E-state index contributed by atoms with van der Waals surface area (Å²) in [5, 5.41) is 4.89. The van der Waals surface area contributed by atoms with Gasteiger partial charge in [-0.2, -0.15) is 0 Å². The second-order valence-corrected chi connectivity index (χ2v) is 5.46. The average Bonchev–Trinajstić information content (AvgIpc) is 2.49. The fourth-order valence-corrected chi connectivity index (χ4v) is 2.64. The van der Waals surface area contributed by atoms with E-state index in [1.165, 1.54) is 11.3 Å². The molecule has 2 rings (SSSR count). The van der Waals surface area contributed by atoms with Gasteiger partial charge in [0.2, 0.25) is 5.91 Å². The van der Waals surface area contributed by atoms with Crippen LogP contribution in [0.4, 0.5) is 10.5 Å². The Morgan fingerprint density at radius 1 is 1.14 bits per heavy atom. The van der Waals surface area contributed by atoms with Gasteiger partial charge in [0.05, 0.1) is 6.54 Å². The number of urea groups is 1. The molecule has 0 aromatic heterocycles. The van der Waals surface area contributed by atoms with Crippen molar-refractivity contribution in [2.75, 3.05) is 44.2 Å². The number of hydrogen-bond acceptors (Lipinski definition) is 4. The highest BCUT2D eigenvalue weighted by Gasteiger charge is 2.20. The van der Waals surface area contributed by atoms with Crippen LogP contribution in [-0.2, 0) is 4.79 Å². The number of carbonyl (C=O) groups excluding carboxylic acids is 2. The van der Waals surface area contributed by atoms with Gasteiger partial charge in [-0.15, -0.1) is 0 Å². The van der Waals surface area contributed by atoms with Crippen LogP contribution in [0, 0.1) is 6.92 Å². The van der Waals surface area contributed by atoms with Gasteiger partial charge in [-0.1, -0.05) is 18.2 Å². The number of piperazine rings is 1. The molecule has 1 saturated heterocycles. The zero-order valence-corrected chi connectivity index (χ0v) is 13.3. The smallest absolute Gasteiger partial charge is 0.321 e. The van der Waals surface area contributed by atoms with Crippen LogP contribution in [0.5, 0.6) is 0 Å². The van der Waals surface area contributed by atoms with E-state index >= 15 is 0 Å². The molecular formula is C16H24N4O2. The van der Waals surface area contributed by atoms with Gasteiger partial charge in [0.25, 0.3) is 0 Å². The van der Waals surface area contributed by atoms with Gasteiger partial charge in [-0.3, -0.25) is 15.0 Å². The molecule has 22 heavy (non-hydrogen) atoms. The predicted molar refractivity (Wildman–Crippen MR) is 87.0 cm³/mol. The number of hydrogen-bond donors (Lipinski definition) is 2. The number of anilines is 1. The van der Waals surface area contributed by atoms with Crippen molar-refractivity contribution in [1.29, 1.82) is 0 Å². The van der Waals surface area contributed by atoms with Crippen LogP contribution in [0.15, 0.2) is 24.3 Å². The predicted octanol–water partition coefficient (Wildman–Crippen LogP) is 0.963. The molecule has 0 bridgehead atoms. The van der Waals surface area contributed by atoms with Gasteiger partial charge in [0.1, 0.15) is 0 Å². The number of imide groups is 1. The second-order valence-electron chi connectivity index (χ2n) is 5.46. The summed E-state index contributed by atoms with van der Waals surface area (Å²) in [7, 11) is 0. The first-order valence-electron chi connectivity index (χ1n) is 7.70. The zero-order valence-electron chi connectivity index (χ0n) is 13.3. The molecule has 6 heteroatoms. The lowest BCUT2D eigenvalue weighted by molar-refractivity contribution is -0.121. The zero-order chi connectivity index (χ0) is 15.9. The summed E-state index contributed by atoms with van der Waals surface area (Å²) in [4.78, 5) is 27.5. The Hall–Kier alpha value is -2.08. The standard InChI is InChI=1S/C16H24N4O2/c1-3-17-16(22)18-15(21)12-19-8-10-20(11-9-19)14-7-5-4-6-13(14)2/h4-7H,3,8-12H2,1-2H3,(H2,17,18,21,22). The van der Waals surface area contributed by atoms with Gasteiger partial charge in [0.15, 0.2) is 0 Å². The Bertz CT molecular complexity index is 525. The molecule has 0 atom stereocenters. The van der Waals surface area contributed by atoms with Crippen LogP contribution < -0.4 is 15.5 Å². The summed E-state index contributed by atoms with van der Waals surface area (Å²) in [6.45, 7) is 8.11. The lowest BCUT2D eigenvalue weighted by Crippen LogP contribution is -2.51. The third-order valence-electron chi connectivity index (χ3n) is 3.79. The van der Waals surface area contributed by atoms with Gasteiger partial charge in [0, 0.05) is 38.4 Å². The van der Waals surface area contributed by atoms with E-state index in [2.05, 4.69) is 45.6 Å². The van der Waals surface area contributed by atoms with Crippen LogP contribution in [0.25, 0.3) is 0 Å². The molecule has 120 valence electrons. The van der Waals surface area contributed by atoms with Crippen molar-refractivity contribution in [2.24, 2.45) is 0 Å². The fraction of sp³-hybridized carbons (Fsp3) is 0.500. The monoisotopic (exact) mass is 304 g/mol. The van der Waals surface area contributed by atoms with Crippen molar-refractivity contribution in [1.82, 2.24) is 15.5 Å². The van der Waals surface area contributed by atoms with E-state index in [0.29, 0.717) is 6.54 Å². The summed E-state index contributed by atoms with van der Waals surface area (Å²) in [5.74, 6) is -0.254. The number of para-hydroxylation sites is 1. The summed E-state index contributed by atoms with van der Waals surface area (Å²) in [6.07, 6.45) is 0. The summed E-state index contributed by atoms with van der Waals surface area (Å²) in [6, 6.07) is 7.91. The first-order valence-corrected chi connectivity index (χ1v) is 7.70. The molecule has 1 aliphatic rings. The number of benzene rings is 1. The topological polar surface area (TPSA) is 64.7 Å². The van der Waals surface area contributed by atoms with E-state index in [1.807, 2.05) is 13.0 Å². The van der Waals surface area contributed by atoms with Gasteiger partial charge < -0.3 is 10.2 Å². The minimum atomic E-state index is -0.425. The van der Waals surface area contributed by atoms with Crippen molar-refractivity contribution < 1.29 is 9.59 Å². The minimum absolute atomic E-state index is 0.254. The summed E-state index contributed by atoms with van der Waals surface area (Å²) in [5.41, 5.74) is 2.53. The van der Waals surface area contributed by atoms with Crippen molar-refractivity contribution in [3.05, 3.63) is 29.8 Å². The number of carbonyl (C=O) groups is 2. The SMILES string of the molecule is CCNC(=O)NC(=O)CN1CCN(c2ccccc2C)CC1. The van der Waals surface area contributed by atoms with Gasteiger partial charge in [-0.25, -0.2) is 4.79 Å². The highest BCUT2D eigenvalue weighted by Crippen LogP contribution is 2.20. The molecule has 0 saturated carbocycles. The molecule has 1 heterocycles. The van der Waals surface area contributed by atoms with Crippen molar-refractivity contribution in [3.63, 3.8) is 0 Å². The molecule has 1 aromatic carbocycles. The Balaban J connectivity index is 1.79. The minimum Gasteiger partial charge on any atom is -0.369 e. The molecular weight excluding hydrogens is 280 g/mol. The number of rotatable bonds is 4. The van der Waals surface area contributed by atoms with E-state index in [1.54, 1.807) is 0 Å². The largest absolute Gasteiger partial charge is 0.369 e. The van der Waals surface area contributed by atoms with Crippen molar-refractivity contribution in [3.8, 4) is 0 Å². The van der Waals surface area contributed by atoms with E-state index in [9.17, 15) is 9.59 Å². The first-order chi connectivity index (χ1) is 10.6. The highest BCUT2D eigenvalue weighted by atomic mass is 16.2. The fourth-order valence-electron chi connectivity index (χ4n) is 2.64. The van der Waals surface area contributed by atoms with Crippen LogP contribution in [0.1, 0.15) is 12.5 Å². The van der Waals surface area contributed by atoms with E-state index in [-0.39, 0.29) is 12.5 Å². The molecule has 1 aliphatic heterocycles. The number of amides is 3. The van der Waals surface area contributed by atoms with Crippen molar-refractivity contribution >= 4 is 17.6 Å². The number of aryl methyl sites for hydroxylation is 1. The maximum absolute atomic E-state index is 11.8. The third-order valence-corrected chi connectivity index (χ3v) is 3.79. The molecule has 6 nitrogen and oxygen atoms in total. The van der Waals surface area contributed by atoms with Crippen LogP contribution in [0.3, 0.4) is 0 Å². The van der Waals surface area contributed by atoms with Crippen LogP contribution in [0.2, 0.25) is 0 Å². The molecule has 0 radical (unpaired) electrons.